The Kier molecular flexibility index (Phi) is 13.4. The lowest BCUT2D eigenvalue weighted by Crippen LogP contribution is -2.25. The molecule has 0 aromatic rings. The smallest absolute Gasteiger partial charge is 0.243 e. The topological polar surface area (TPSA) is 68.8 Å². The predicted molar refractivity (Wildman–Crippen MR) is 69.6 cm³/mol. The molecule has 0 bridgehead atoms. The van der Waals surface area contributed by atoms with E-state index in [-0.39, 0.29) is 5.91 Å². The highest BCUT2D eigenvalue weighted by molar-refractivity contribution is 5.86. The molecule has 106 valence electrons. The van der Waals surface area contributed by atoms with E-state index in [1.165, 1.54) is 6.08 Å². The standard InChI is InChI=1S/C12H24N2O4/c1-3-12(15)14-5-7-17-9-11-18-10-8-16-6-4-13-2/h3,13H,1,4-11H2,2H3,(H,14,15). The second-order valence-electron chi connectivity index (χ2n) is 3.44. The third-order valence-electron chi connectivity index (χ3n) is 1.97. The van der Waals surface area contributed by atoms with Crippen LogP contribution >= 0.6 is 0 Å². The van der Waals surface area contributed by atoms with E-state index in [9.17, 15) is 4.79 Å². The summed E-state index contributed by atoms with van der Waals surface area (Å²) in [5, 5.41) is 5.60. The molecule has 0 aliphatic carbocycles. The second-order valence-corrected chi connectivity index (χ2v) is 3.44. The molecule has 0 saturated carbocycles. The number of carbonyl (C=O) groups excluding carboxylic acids is 1. The van der Waals surface area contributed by atoms with E-state index in [4.69, 9.17) is 14.2 Å². The van der Waals surface area contributed by atoms with E-state index in [0.717, 1.165) is 6.54 Å². The first kappa shape index (κ1) is 17.1. The molecule has 0 aromatic carbocycles. The fourth-order valence-electron chi connectivity index (χ4n) is 1.03. The number of carbonyl (C=O) groups is 1. The largest absolute Gasteiger partial charge is 0.378 e. The zero-order valence-corrected chi connectivity index (χ0v) is 11.1. The Morgan fingerprint density at radius 1 is 1.00 bits per heavy atom. The predicted octanol–water partition coefficient (Wildman–Crippen LogP) is -0.442. The van der Waals surface area contributed by atoms with Gasteiger partial charge in [0.15, 0.2) is 0 Å². The first-order valence-corrected chi connectivity index (χ1v) is 6.09. The summed E-state index contributed by atoms with van der Waals surface area (Å²) in [5.74, 6) is -0.187. The van der Waals surface area contributed by atoms with Gasteiger partial charge in [0.25, 0.3) is 0 Å². The molecule has 6 heteroatoms. The van der Waals surface area contributed by atoms with Gasteiger partial charge in [0.2, 0.25) is 5.91 Å². The lowest BCUT2D eigenvalue weighted by atomic mass is 10.5. The van der Waals surface area contributed by atoms with E-state index >= 15 is 0 Å². The number of likely N-dealkylation sites (N-methyl/N-ethyl adjacent to an activating group) is 1. The van der Waals surface area contributed by atoms with Crippen LogP contribution in [-0.2, 0) is 19.0 Å². The minimum absolute atomic E-state index is 0.187. The highest BCUT2D eigenvalue weighted by Gasteiger charge is 1.93. The van der Waals surface area contributed by atoms with Crippen LogP contribution in [0.15, 0.2) is 12.7 Å². The molecule has 1 amide bonds. The molecule has 0 heterocycles. The van der Waals surface area contributed by atoms with Crippen molar-refractivity contribution in [1.29, 1.82) is 0 Å². The van der Waals surface area contributed by atoms with E-state index in [2.05, 4.69) is 17.2 Å². The van der Waals surface area contributed by atoms with E-state index in [1.807, 2.05) is 7.05 Å². The molecule has 0 saturated heterocycles. The van der Waals surface area contributed by atoms with Gasteiger partial charge in [-0.25, -0.2) is 0 Å². The summed E-state index contributed by atoms with van der Waals surface area (Å²) in [5.41, 5.74) is 0. The van der Waals surface area contributed by atoms with Crippen LogP contribution in [0.3, 0.4) is 0 Å². The van der Waals surface area contributed by atoms with Crippen molar-refractivity contribution in [2.24, 2.45) is 0 Å². The fraction of sp³-hybridized carbons (Fsp3) is 0.750. The summed E-state index contributed by atoms with van der Waals surface area (Å²) in [6, 6.07) is 0. The van der Waals surface area contributed by atoms with Crippen LogP contribution in [0.2, 0.25) is 0 Å². The molecule has 0 aliphatic heterocycles. The van der Waals surface area contributed by atoms with Gasteiger partial charge in [-0.05, 0) is 13.1 Å². The Hall–Kier alpha value is -0.950. The lowest BCUT2D eigenvalue weighted by Gasteiger charge is -2.07. The normalized spacial score (nSPS) is 10.3. The Labute approximate surface area is 109 Å². The second kappa shape index (κ2) is 14.1. The summed E-state index contributed by atoms with van der Waals surface area (Å²) >= 11 is 0. The summed E-state index contributed by atoms with van der Waals surface area (Å²) in [6.07, 6.45) is 1.23. The van der Waals surface area contributed by atoms with Crippen molar-refractivity contribution in [3.8, 4) is 0 Å². The van der Waals surface area contributed by atoms with E-state index in [0.29, 0.717) is 46.2 Å². The maximum atomic E-state index is 10.8. The zero-order valence-electron chi connectivity index (χ0n) is 11.1. The average molecular weight is 260 g/mol. The maximum absolute atomic E-state index is 10.8. The van der Waals surface area contributed by atoms with Crippen LogP contribution in [0.1, 0.15) is 0 Å². The maximum Gasteiger partial charge on any atom is 0.243 e. The molecule has 2 N–H and O–H groups in total. The molecular weight excluding hydrogens is 236 g/mol. The van der Waals surface area contributed by atoms with Gasteiger partial charge in [0, 0.05) is 13.1 Å². The van der Waals surface area contributed by atoms with Crippen LogP contribution in [0, 0.1) is 0 Å². The number of hydrogen-bond acceptors (Lipinski definition) is 5. The number of amides is 1. The van der Waals surface area contributed by atoms with Crippen LogP contribution in [0.4, 0.5) is 0 Å². The fourth-order valence-corrected chi connectivity index (χ4v) is 1.03. The van der Waals surface area contributed by atoms with Crippen molar-refractivity contribution in [3.05, 3.63) is 12.7 Å². The Morgan fingerprint density at radius 2 is 1.50 bits per heavy atom. The first-order chi connectivity index (χ1) is 8.81. The van der Waals surface area contributed by atoms with Crippen molar-refractivity contribution >= 4 is 5.91 Å². The molecule has 0 aliphatic rings. The average Bonchev–Trinajstić information content (AvgIpc) is 2.39. The molecule has 18 heavy (non-hydrogen) atoms. The van der Waals surface area contributed by atoms with Gasteiger partial charge >= 0.3 is 0 Å². The quantitative estimate of drug-likeness (QED) is 0.347. The SMILES string of the molecule is C=CC(=O)NCCOCCOCCOCCNC. The van der Waals surface area contributed by atoms with Gasteiger partial charge < -0.3 is 24.8 Å². The van der Waals surface area contributed by atoms with Gasteiger partial charge in [-0.2, -0.15) is 0 Å². The van der Waals surface area contributed by atoms with Crippen molar-refractivity contribution in [3.63, 3.8) is 0 Å². The minimum Gasteiger partial charge on any atom is -0.378 e. The van der Waals surface area contributed by atoms with Gasteiger partial charge in [-0.3, -0.25) is 4.79 Å². The monoisotopic (exact) mass is 260 g/mol. The van der Waals surface area contributed by atoms with E-state index in [1.54, 1.807) is 0 Å². The Balaban J connectivity index is 2.98. The molecule has 6 nitrogen and oxygen atoms in total. The number of hydrogen-bond donors (Lipinski definition) is 2. The molecule has 0 atom stereocenters. The number of rotatable bonds is 13. The number of nitrogens with one attached hydrogen (secondary N) is 2. The van der Waals surface area contributed by atoms with Crippen LogP contribution in [0.5, 0.6) is 0 Å². The Morgan fingerprint density at radius 3 is 2.00 bits per heavy atom. The first-order valence-electron chi connectivity index (χ1n) is 6.09. The summed E-state index contributed by atoms with van der Waals surface area (Å²) < 4.78 is 15.8. The molecule has 0 rings (SSSR count). The number of ether oxygens (including phenoxy) is 3. The van der Waals surface area contributed by atoms with Gasteiger partial charge in [-0.1, -0.05) is 6.58 Å². The summed E-state index contributed by atoms with van der Waals surface area (Å²) in [4.78, 5) is 10.8. The molecule has 0 aromatic heterocycles. The molecule has 0 fully saturated rings. The Bertz CT molecular complexity index is 212. The van der Waals surface area contributed by atoms with Crippen molar-refractivity contribution in [2.45, 2.75) is 0 Å². The van der Waals surface area contributed by atoms with Crippen molar-refractivity contribution < 1.29 is 19.0 Å². The third-order valence-corrected chi connectivity index (χ3v) is 1.97. The van der Waals surface area contributed by atoms with Crippen molar-refractivity contribution in [1.82, 2.24) is 10.6 Å². The third kappa shape index (κ3) is 13.1. The highest BCUT2D eigenvalue weighted by atomic mass is 16.5. The van der Waals surface area contributed by atoms with Crippen LogP contribution < -0.4 is 10.6 Å². The van der Waals surface area contributed by atoms with Gasteiger partial charge in [-0.15, -0.1) is 0 Å². The summed E-state index contributed by atoms with van der Waals surface area (Å²) in [6.45, 7) is 8.06. The molecule has 0 spiro atoms. The van der Waals surface area contributed by atoms with E-state index < -0.39 is 0 Å². The molecular formula is C12H24N2O4. The minimum atomic E-state index is -0.187. The van der Waals surface area contributed by atoms with Crippen LogP contribution in [0.25, 0.3) is 0 Å². The van der Waals surface area contributed by atoms with Gasteiger partial charge in [0.05, 0.1) is 39.6 Å². The molecule has 0 unspecified atom stereocenters. The zero-order chi connectivity index (χ0) is 13.5. The summed E-state index contributed by atoms with van der Waals surface area (Å²) in [7, 11) is 1.88. The van der Waals surface area contributed by atoms with Gasteiger partial charge in [0.1, 0.15) is 0 Å². The van der Waals surface area contributed by atoms with Crippen molar-refractivity contribution in [2.75, 3.05) is 59.8 Å². The highest BCUT2D eigenvalue weighted by Crippen LogP contribution is 1.81. The van der Waals surface area contributed by atoms with Crippen LogP contribution in [-0.4, -0.2) is 65.7 Å². The molecule has 0 radical (unpaired) electrons. The lowest BCUT2D eigenvalue weighted by molar-refractivity contribution is -0.116.